The van der Waals surface area contributed by atoms with Gasteiger partial charge in [-0.2, -0.15) is 4.31 Å². The number of benzene rings is 1. The molecule has 0 aromatic heterocycles. The van der Waals surface area contributed by atoms with E-state index < -0.39 is 10.0 Å². The highest BCUT2D eigenvalue weighted by atomic mass is 35.5. The highest BCUT2D eigenvalue weighted by Crippen LogP contribution is 2.26. The summed E-state index contributed by atoms with van der Waals surface area (Å²) in [7, 11) is -1.80. The molecule has 0 spiro atoms. The Kier molecular flexibility index (Phi) is 7.97. The van der Waals surface area contributed by atoms with Gasteiger partial charge in [0.15, 0.2) is 0 Å². The molecule has 1 aliphatic heterocycles. The number of hydrogen-bond acceptors (Lipinski definition) is 4. The van der Waals surface area contributed by atoms with Crippen molar-refractivity contribution in [1.29, 1.82) is 0 Å². The zero-order chi connectivity index (χ0) is 16.2. The monoisotopic (exact) mass is 362 g/mol. The van der Waals surface area contributed by atoms with Crippen molar-refractivity contribution < 1.29 is 13.2 Å². The molecule has 23 heavy (non-hydrogen) atoms. The largest absolute Gasteiger partial charge is 0.381 e. The number of nitrogens with one attached hydrogen (secondary N) is 1. The van der Waals surface area contributed by atoms with E-state index in [4.69, 9.17) is 4.74 Å². The minimum Gasteiger partial charge on any atom is -0.381 e. The fourth-order valence-corrected chi connectivity index (χ4v) is 4.61. The normalized spacial score (nSPS) is 20.7. The van der Waals surface area contributed by atoms with E-state index in [0.717, 1.165) is 12.0 Å². The molecule has 5 nitrogen and oxygen atoms in total. The third kappa shape index (κ3) is 5.16. The number of piperazine rings is 1. The first-order valence-corrected chi connectivity index (χ1v) is 9.40. The lowest BCUT2D eigenvalue weighted by molar-refractivity contribution is 0.134. The molecule has 2 unspecified atom stereocenters. The Labute approximate surface area is 145 Å². The van der Waals surface area contributed by atoms with Crippen molar-refractivity contribution in [3.63, 3.8) is 0 Å². The van der Waals surface area contributed by atoms with Crippen molar-refractivity contribution in [2.45, 2.75) is 32.4 Å². The van der Waals surface area contributed by atoms with Crippen molar-refractivity contribution in [3.05, 3.63) is 35.4 Å². The lowest BCUT2D eigenvalue weighted by Crippen LogP contribution is -2.50. The molecule has 0 amide bonds. The Morgan fingerprint density at radius 2 is 2.00 bits per heavy atom. The van der Waals surface area contributed by atoms with Gasteiger partial charge in [0.05, 0.1) is 17.9 Å². The van der Waals surface area contributed by atoms with Gasteiger partial charge < -0.3 is 10.1 Å². The number of nitrogens with zero attached hydrogens (tertiary/aromatic N) is 1. The van der Waals surface area contributed by atoms with Crippen LogP contribution in [0.2, 0.25) is 0 Å². The molecule has 1 heterocycles. The van der Waals surface area contributed by atoms with Crippen molar-refractivity contribution >= 4 is 22.4 Å². The Balaban J connectivity index is 0.00000264. The first-order valence-electron chi connectivity index (χ1n) is 7.79. The Morgan fingerprint density at radius 1 is 1.35 bits per heavy atom. The molecular formula is C16H27ClN2O3S. The summed E-state index contributed by atoms with van der Waals surface area (Å²) in [6, 6.07) is 8.09. The number of halogens is 1. The SMILES string of the molecule is CCc1ccc(C2CNCCN2S(=O)(=O)CC(C)OC)cc1.Cl. The Bertz CT molecular complexity index is 577. The first kappa shape index (κ1) is 20.4. The molecule has 1 aromatic rings. The maximum Gasteiger partial charge on any atom is 0.217 e. The maximum atomic E-state index is 12.7. The molecular weight excluding hydrogens is 336 g/mol. The molecule has 7 heteroatoms. The third-order valence-electron chi connectivity index (χ3n) is 4.17. The van der Waals surface area contributed by atoms with Gasteiger partial charge in [0.1, 0.15) is 0 Å². The molecule has 132 valence electrons. The average molecular weight is 363 g/mol. The highest BCUT2D eigenvalue weighted by molar-refractivity contribution is 7.89. The molecule has 0 radical (unpaired) electrons. The van der Waals surface area contributed by atoms with E-state index in [1.165, 1.54) is 5.56 Å². The summed E-state index contributed by atoms with van der Waals surface area (Å²) in [5.74, 6) is 0.0209. The van der Waals surface area contributed by atoms with E-state index in [0.29, 0.717) is 19.6 Å². The van der Waals surface area contributed by atoms with Gasteiger partial charge >= 0.3 is 0 Å². The molecule has 1 fully saturated rings. The summed E-state index contributed by atoms with van der Waals surface area (Å²) in [6.45, 7) is 5.72. The lowest BCUT2D eigenvalue weighted by Gasteiger charge is -2.36. The van der Waals surface area contributed by atoms with Crippen molar-refractivity contribution in [2.24, 2.45) is 0 Å². The van der Waals surface area contributed by atoms with E-state index in [9.17, 15) is 8.42 Å². The molecule has 0 bridgehead atoms. The molecule has 1 aromatic carbocycles. The quantitative estimate of drug-likeness (QED) is 0.840. The number of methoxy groups -OCH3 is 1. The predicted octanol–water partition coefficient (Wildman–Crippen LogP) is 1.98. The fraction of sp³-hybridized carbons (Fsp3) is 0.625. The highest BCUT2D eigenvalue weighted by Gasteiger charge is 2.34. The maximum absolute atomic E-state index is 12.7. The summed E-state index contributed by atoms with van der Waals surface area (Å²) in [6.07, 6.45) is 0.680. The van der Waals surface area contributed by atoms with Gasteiger partial charge in [0, 0.05) is 26.7 Å². The molecule has 2 atom stereocenters. The number of sulfonamides is 1. The van der Waals surface area contributed by atoms with Crippen LogP contribution in [0.4, 0.5) is 0 Å². The van der Waals surface area contributed by atoms with Crippen LogP contribution in [0.5, 0.6) is 0 Å². The van der Waals surface area contributed by atoms with Gasteiger partial charge in [-0.1, -0.05) is 31.2 Å². The number of rotatable bonds is 6. The second kappa shape index (κ2) is 8.99. The van der Waals surface area contributed by atoms with Gasteiger partial charge in [-0.15, -0.1) is 12.4 Å². The van der Waals surface area contributed by atoms with Crippen molar-refractivity contribution in [2.75, 3.05) is 32.5 Å². The predicted molar refractivity (Wildman–Crippen MR) is 95.6 cm³/mol. The lowest BCUT2D eigenvalue weighted by atomic mass is 10.0. The third-order valence-corrected chi connectivity index (χ3v) is 6.21. The van der Waals surface area contributed by atoms with Crippen molar-refractivity contribution in [3.8, 4) is 0 Å². The summed E-state index contributed by atoms with van der Waals surface area (Å²) in [5.41, 5.74) is 2.30. The summed E-state index contributed by atoms with van der Waals surface area (Å²) < 4.78 is 32.1. The molecule has 2 rings (SSSR count). The zero-order valence-electron chi connectivity index (χ0n) is 14.0. The van der Waals surface area contributed by atoms with E-state index >= 15 is 0 Å². The summed E-state index contributed by atoms with van der Waals surface area (Å²) in [5, 5.41) is 3.29. The van der Waals surface area contributed by atoms with Crippen LogP contribution < -0.4 is 5.32 Å². The fourth-order valence-electron chi connectivity index (χ4n) is 2.74. The second-order valence-electron chi connectivity index (χ2n) is 5.75. The standard InChI is InChI=1S/C16H26N2O3S.ClH/c1-4-14-5-7-15(8-6-14)16-11-17-9-10-18(16)22(19,20)12-13(2)21-3;/h5-8,13,16-17H,4,9-12H2,1-3H3;1H. The van der Waals surface area contributed by atoms with Crippen LogP contribution in [0, 0.1) is 0 Å². The summed E-state index contributed by atoms with van der Waals surface area (Å²) in [4.78, 5) is 0. The van der Waals surface area contributed by atoms with Gasteiger partial charge in [-0.3, -0.25) is 0 Å². The van der Waals surface area contributed by atoms with Gasteiger partial charge in [0.2, 0.25) is 10.0 Å². The van der Waals surface area contributed by atoms with Crippen LogP contribution in [0.1, 0.15) is 31.0 Å². The van der Waals surface area contributed by atoms with Crippen molar-refractivity contribution in [1.82, 2.24) is 9.62 Å². The molecule has 1 aliphatic rings. The van der Waals surface area contributed by atoms with Gasteiger partial charge in [0.25, 0.3) is 0 Å². The first-order chi connectivity index (χ1) is 10.5. The number of hydrogen-bond donors (Lipinski definition) is 1. The number of aryl methyl sites for hydroxylation is 1. The Hall–Kier alpha value is -0.660. The van der Waals surface area contributed by atoms with E-state index in [2.05, 4.69) is 24.4 Å². The Morgan fingerprint density at radius 3 is 2.57 bits per heavy atom. The molecule has 0 aliphatic carbocycles. The second-order valence-corrected chi connectivity index (χ2v) is 7.72. The topological polar surface area (TPSA) is 58.6 Å². The minimum atomic E-state index is -3.34. The smallest absolute Gasteiger partial charge is 0.217 e. The van der Waals surface area contributed by atoms with Crippen LogP contribution in [0.3, 0.4) is 0 Å². The van der Waals surface area contributed by atoms with Gasteiger partial charge in [-0.25, -0.2) is 8.42 Å². The average Bonchev–Trinajstić information content (AvgIpc) is 2.54. The summed E-state index contributed by atoms with van der Waals surface area (Å²) >= 11 is 0. The van der Waals surface area contributed by atoms with E-state index in [1.54, 1.807) is 18.3 Å². The van der Waals surface area contributed by atoms with Crippen LogP contribution in [-0.4, -0.2) is 51.3 Å². The van der Waals surface area contributed by atoms with Crippen LogP contribution in [0.15, 0.2) is 24.3 Å². The zero-order valence-corrected chi connectivity index (χ0v) is 15.6. The minimum absolute atomic E-state index is 0. The van der Waals surface area contributed by atoms with E-state index in [1.807, 2.05) is 12.1 Å². The van der Waals surface area contributed by atoms with E-state index in [-0.39, 0.29) is 30.3 Å². The number of ether oxygens (including phenoxy) is 1. The van der Waals surface area contributed by atoms with Gasteiger partial charge in [-0.05, 0) is 24.5 Å². The molecule has 0 saturated carbocycles. The van der Waals surface area contributed by atoms with Crippen LogP contribution >= 0.6 is 12.4 Å². The molecule has 1 N–H and O–H groups in total. The molecule has 1 saturated heterocycles. The van der Waals surface area contributed by atoms with Crippen LogP contribution in [0.25, 0.3) is 0 Å². The van der Waals surface area contributed by atoms with Crippen LogP contribution in [-0.2, 0) is 21.2 Å².